The van der Waals surface area contributed by atoms with Crippen molar-refractivity contribution in [3.63, 3.8) is 0 Å². The summed E-state index contributed by atoms with van der Waals surface area (Å²) < 4.78 is 48.5. The zero-order valence-corrected chi connectivity index (χ0v) is 22.8. The molecule has 0 amide bonds. The molecule has 0 saturated carbocycles. The summed E-state index contributed by atoms with van der Waals surface area (Å²) in [5.74, 6) is -2.40. The van der Waals surface area contributed by atoms with E-state index in [1.54, 1.807) is 29.0 Å². The fourth-order valence-electron chi connectivity index (χ4n) is 3.96. The first-order valence-corrected chi connectivity index (χ1v) is 16.1. The first-order chi connectivity index (χ1) is 18.1. The number of anilines is 2. The number of rotatable bonds is 11. The number of aliphatic hydroxyl groups is 1. The quantitative estimate of drug-likeness (QED) is 0.0904. The van der Waals surface area contributed by atoms with Gasteiger partial charge in [0.1, 0.15) is 23.7 Å². The standard InChI is InChI=1S/C26H27ClF2N4O4Si/c1-38(2,3)9-8-35-14-33-13-17(27)23-22(6-7-30-25(23)33)37-24-18(28)10-15(11-19(24)29)31-26(34)32-20-12-16-4-5-21(20)36-16/h4-7,10-13,26,31-32,34H,8-9,14H2,1-3H3. The Morgan fingerprint density at radius 2 is 1.89 bits per heavy atom. The average Bonchev–Trinajstić information content (AvgIpc) is 3.54. The lowest BCUT2D eigenvalue weighted by molar-refractivity contribution is 0.0899. The minimum absolute atomic E-state index is 0.00440. The molecule has 0 aliphatic carbocycles. The van der Waals surface area contributed by atoms with Crippen LogP contribution in [0.1, 0.15) is 0 Å². The van der Waals surface area contributed by atoms with Gasteiger partial charge in [0.05, 0.1) is 16.1 Å². The number of halogens is 3. The van der Waals surface area contributed by atoms with Crippen LogP contribution in [-0.2, 0) is 11.5 Å². The van der Waals surface area contributed by atoms with Crippen molar-refractivity contribution in [2.75, 3.05) is 17.2 Å². The van der Waals surface area contributed by atoms with Crippen molar-refractivity contribution in [1.29, 1.82) is 0 Å². The Balaban J connectivity index is 1.30. The van der Waals surface area contributed by atoms with E-state index in [9.17, 15) is 13.9 Å². The first kappa shape index (κ1) is 26.2. The van der Waals surface area contributed by atoms with Crippen LogP contribution in [-0.4, -0.2) is 35.7 Å². The molecule has 1 atom stereocenters. The van der Waals surface area contributed by atoms with Gasteiger partial charge in [-0.25, -0.2) is 13.8 Å². The molecule has 0 fully saturated rings. The van der Waals surface area contributed by atoms with Gasteiger partial charge in [0.2, 0.25) is 6.35 Å². The molecule has 0 spiro atoms. The Hall–Kier alpha value is -3.38. The summed E-state index contributed by atoms with van der Waals surface area (Å²) in [6.45, 7) is 7.66. The second kappa shape index (κ2) is 10.4. The van der Waals surface area contributed by atoms with Gasteiger partial charge >= 0.3 is 0 Å². The number of nitrogens with one attached hydrogen (secondary N) is 2. The maximum atomic E-state index is 15.0. The molecule has 0 aliphatic rings. The summed E-state index contributed by atoms with van der Waals surface area (Å²) in [4.78, 5) is 4.35. The van der Waals surface area contributed by atoms with Crippen LogP contribution in [0, 0.1) is 11.6 Å². The molecule has 4 heterocycles. The number of pyridine rings is 1. The second-order valence-corrected chi connectivity index (χ2v) is 16.2. The van der Waals surface area contributed by atoms with Crippen LogP contribution in [0.5, 0.6) is 11.5 Å². The van der Waals surface area contributed by atoms with E-state index in [0.717, 1.165) is 18.2 Å². The Bertz CT molecular complexity index is 1550. The number of fused-ring (bicyclic) bond motifs is 3. The van der Waals surface area contributed by atoms with Gasteiger partial charge < -0.3 is 34.2 Å². The highest BCUT2D eigenvalue weighted by molar-refractivity contribution is 6.76. The van der Waals surface area contributed by atoms with E-state index in [0.29, 0.717) is 39.5 Å². The lowest BCUT2D eigenvalue weighted by Crippen LogP contribution is -2.28. The van der Waals surface area contributed by atoms with Gasteiger partial charge in [-0.3, -0.25) is 0 Å². The monoisotopic (exact) mass is 560 g/mol. The summed E-state index contributed by atoms with van der Waals surface area (Å²) in [7, 11) is -1.23. The van der Waals surface area contributed by atoms with Crippen LogP contribution >= 0.6 is 11.6 Å². The molecular formula is C26H27ClF2N4O4Si. The number of aromatic nitrogens is 2. The van der Waals surface area contributed by atoms with Crippen LogP contribution in [0.15, 0.2) is 53.2 Å². The third-order valence-electron chi connectivity index (χ3n) is 5.88. The highest BCUT2D eigenvalue weighted by atomic mass is 35.5. The third kappa shape index (κ3) is 5.70. The first-order valence-electron chi connectivity index (χ1n) is 12.0. The number of aliphatic hydroxyl groups excluding tert-OH is 1. The summed E-state index contributed by atoms with van der Waals surface area (Å²) in [5, 5.41) is 16.4. The minimum Gasteiger partial charge on any atom is -0.455 e. The summed E-state index contributed by atoms with van der Waals surface area (Å²) in [6.07, 6.45) is 1.79. The van der Waals surface area contributed by atoms with E-state index in [1.165, 1.54) is 12.3 Å². The van der Waals surface area contributed by atoms with Crippen LogP contribution in [0.25, 0.3) is 22.2 Å². The molecule has 5 rings (SSSR count). The normalized spacial score (nSPS) is 12.9. The van der Waals surface area contributed by atoms with E-state index < -0.39 is 31.8 Å². The Morgan fingerprint density at radius 1 is 1.13 bits per heavy atom. The van der Waals surface area contributed by atoms with Crippen LogP contribution < -0.4 is 15.4 Å². The molecule has 3 N–H and O–H groups in total. The minimum atomic E-state index is -1.33. The van der Waals surface area contributed by atoms with Crippen LogP contribution in [0.4, 0.5) is 20.2 Å². The van der Waals surface area contributed by atoms with E-state index in [2.05, 4.69) is 35.3 Å². The zero-order chi connectivity index (χ0) is 27.0. The molecule has 38 heavy (non-hydrogen) atoms. The third-order valence-corrected chi connectivity index (χ3v) is 7.88. The molecule has 1 unspecified atom stereocenters. The van der Waals surface area contributed by atoms with Gasteiger partial charge in [0, 0.05) is 51.0 Å². The SMILES string of the molecule is C[Si](C)(C)CCOCn1cc(Cl)c2c(Oc3c(F)cc(NC(O)Nc4cc5ccc4o5)cc3F)ccnc21. The molecule has 5 aromatic rings. The van der Waals surface area contributed by atoms with E-state index >= 15 is 0 Å². The molecule has 0 saturated heterocycles. The largest absolute Gasteiger partial charge is 0.455 e. The van der Waals surface area contributed by atoms with Crippen LogP contribution in [0.2, 0.25) is 30.7 Å². The van der Waals surface area contributed by atoms with Gasteiger partial charge in [-0.1, -0.05) is 31.2 Å². The molecule has 2 bridgehead atoms. The molecule has 0 radical (unpaired) electrons. The summed E-state index contributed by atoms with van der Waals surface area (Å²) >= 11 is 6.45. The molecule has 12 heteroatoms. The number of hydrogen-bond acceptors (Lipinski definition) is 7. The molecule has 0 aliphatic heterocycles. The number of hydrogen-bond donors (Lipinski definition) is 3. The van der Waals surface area contributed by atoms with Gasteiger partial charge in [-0.05, 0) is 24.2 Å². The predicted octanol–water partition coefficient (Wildman–Crippen LogP) is 7.06. The lowest BCUT2D eigenvalue weighted by atomic mass is 10.2. The highest BCUT2D eigenvalue weighted by Crippen LogP contribution is 2.38. The smallest absolute Gasteiger partial charge is 0.202 e. The van der Waals surface area contributed by atoms with Crippen molar-refractivity contribution in [1.82, 2.24) is 9.55 Å². The predicted molar refractivity (Wildman–Crippen MR) is 146 cm³/mol. The molecule has 1 aromatic carbocycles. The molecular weight excluding hydrogens is 534 g/mol. The highest BCUT2D eigenvalue weighted by Gasteiger charge is 2.20. The maximum Gasteiger partial charge on any atom is 0.202 e. The van der Waals surface area contributed by atoms with E-state index in [1.807, 2.05) is 0 Å². The Labute approximate surface area is 223 Å². The lowest BCUT2D eigenvalue weighted by Gasteiger charge is -2.17. The summed E-state index contributed by atoms with van der Waals surface area (Å²) in [5.41, 5.74) is 2.22. The van der Waals surface area contributed by atoms with E-state index in [-0.39, 0.29) is 18.2 Å². The fourth-order valence-corrected chi connectivity index (χ4v) is 5.01. The zero-order valence-electron chi connectivity index (χ0n) is 21.0. The van der Waals surface area contributed by atoms with Gasteiger partial charge in [-0.2, -0.15) is 0 Å². The van der Waals surface area contributed by atoms with Gasteiger partial charge in [0.15, 0.2) is 23.0 Å². The van der Waals surface area contributed by atoms with Crippen molar-refractivity contribution in [3.8, 4) is 11.5 Å². The number of ether oxygens (including phenoxy) is 2. The fraction of sp³-hybridized carbons (Fsp3) is 0.269. The van der Waals surface area contributed by atoms with Gasteiger partial charge in [0.25, 0.3) is 0 Å². The molecule has 200 valence electrons. The number of furan rings is 2. The Kier molecular flexibility index (Phi) is 7.19. The Morgan fingerprint density at radius 3 is 2.55 bits per heavy atom. The van der Waals surface area contributed by atoms with Crippen molar-refractivity contribution < 1.29 is 27.8 Å². The van der Waals surface area contributed by atoms with Crippen molar-refractivity contribution in [3.05, 3.63) is 65.4 Å². The van der Waals surface area contributed by atoms with Crippen molar-refractivity contribution in [2.24, 2.45) is 0 Å². The second-order valence-electron chi connectivity index (χ2n) is 10.1. The topological polar surface area (TPSA) is 93.7 Å². The summed E-state index contributed by atoms with van der Waals surface area (Å²) in [6, 6.07) is 9.77. The average molecular weight is 561 g/mol. The maximum absolute atomic E-state index is 15.0. The van der Waals surface area contributed by atoms with E-state index in [4.69, 9.17) is 25.5 Å². The van der Waals surface area contributed by atoms with Gasteiger partial charge in [-0.15, -0.1) is 0 Å². The van der Waals surface area contributed by atoms with Crippen LogP contribution in [0.3, 0.4) is 0 Å². The van der Waals surface area contributed by atoms with Crippen molar-refractivity contribution >= 4 is 53.2 Å². The number of benzene rings is 2. The molecule has 8 nitrogen and oxygen atoms in total. The molecule has 4 aromatic heterocycles. The van der Waals surface area contributed by atoms with Crippen molar-refractivity contribution in [2.45, 2.75) is 38.8 Å². The number of nitrogens with zero attached hydrogens (tertiary/aromatic N) is 2.